The van der Waals surface area contributed by atoms with Gasteiger partial charge in [-0.2, -0.15) is 18.3 Å². The Bertz CT molecular complexity index is 1750. The van der Waals surface area contributed by atoms with Crippen molar-refractivity contribution < 1.29 is 17.9 Å². The number of aromatic nitrogens is 3. The highest BCUT2D eigenvalue weighted by molar-refractivity contribution is 6.30. The number of fused-ring (bicyclic) bond motifs is 2. The summed E-state index contributed by atoms with van der Waals surface area (Å²) in [4.78, 5) is 5.29. The van der Waals surface area contributed by atoms with Gasteiger partial charge in [0.2, 0.25) is 0 Å². The molecular formula is C33H32ClF3N4O. The van der Waals surface area contributed by atoms with Gasteiger partial charge in [0.1, 0.15) is 11.4 Å². The van der Waals surface area contributed by atoms with E-state index in [1.165, 1.54) is 12.1 Å². The monoisotopic (exact) mass is 592 g/mol. The van der Waals surface area contributed by atoms with Gasteiger partial charge >= 0.3 is 6.18 Å². The Labute approximate surface area is 247 Å². The third-order valence-corrected chi connectivity index (χ3v) is 7.93. The van der Waals surface area contributed by atoms with Gasteiger partial charge in [0, 0.05) is 59.3 Å². The molecule has 5 aromatic rings. The lowest BCUT2D eigenvalue weighted by Gasteiger charge is -2.28. The Hall–Kier alpha value is -3.75. The zero-order chi connectivity index (χ0) is 29.6. The summed E-state index contributed by atoms with van der Waals surface area (Å²) in [6.07, 6.45) is -1.94. The van der Waals surface area contributed by atoms with Crippen LogP contribution in [0.5, 0.6) is 5.75 Å². The van der Waals surface area contributed by atoms with Crippen molar-refractivity contribution in [3.8, 4) is 22.7 Å². The van der Waals surface area contributed by atoms with Crippen molar-refractivity contribution >= 4 is 22.5 Å². The van der Waals surface area contributed by atoms with Crippen LogP contribution in [0.4, 0.5) is 13.2 Å². The number of aryl methyl sites for hydroxylation is 1. The number of alkyl halides is 3. The average Bonchev–Trinajstić information content (AvgIpc) is 3.55. The minimum absolute atomic E-state index is 0.128. The molecule has 6 rings (SSSR count). The predicted molar refractivity (Wildman–Crippen MR) is 160 cm³/mol. The van der Waals surface area contributed by atoms with E-state index in [4.69, 9.17) is 21.4 Å². The number of ether oxygens (including phenoxy) is 1. The summed E-state index contributed by atoms with van der Waals surface area (Å²) in [5.41, 5.74) is 6.28. The molecule has 3 heterocycles. The normalized spacial score (nSPS) is 14.1. The van der Waals surface area contributed by atoms with Gasteiger partial charge in [0.05, 0.1) is 23.6 Å². The largest absolute Gasteiger partial charge is 0.491 e. The molecule has 5 nitrogen and oxygen atoms in total. The highest BCUT2D eigenvalue weighted by atomic mass is 35.5. The highest BCUT2D eigenvalue weighted by Gasteiger charge is 2.35. The molecule has 0 saturated heterocycles. The van der Waals surface area contributed by atoms with E-state index in [-0.39, 0.29) is 17.1 Å². The Morgan fingerprint density at radius 1 is 1.07 bits per heavy atom. The van der Waals surface area contributed by atoms with Crippen LogP contribution in [0.1, 0.15) is 41.8 Å². The number of hydrogen-bond acceptors (Lipinski definition) is 3. The van der Waals surface area contributed by atoms with Crippen LogP contribution in [0.3, 0.4) is 0 Å². The maximum absolute atomic E-state index is 13.8. The second-order valence-electron chi connectivity index (χ2n) is 11.4. The summed E-state index contributed by atoms with van der Waals surface area (Å²) in [6, 6.07) is 18.1. The molecule has 0 spiro atoms. The third kappa shape index (κ3) is 5.53. The average molecular weight is 593 g/mol. The zero-order valence-corrected chi connectivity index (χ0v) is 24.5. The molecule has 0 bridgehead atoms. The Kier molecular flexibility index (Phi) is 7.53. The molecule has 218 valence electrons. The van der Waals surface area contributed by atoms with E-state index in [9.17, 15) is 13.2 Å². The van der Waals surface area contributed by atoms with Gasteiger partial charge in [0.15, 0.2) is 0 Å². The first-order valence-electron chi connectivity index (χ1n) is 14.1. The molecule has 9 heteroatoms. The van der Waals surface area contributed by atoms with Gasteiger partial charge in [-0.15, -0.1) is 0 Å². The van der Waals surface area contributed by atoms with E-state index < -0.39 is 11.7 Å². The first kappa shape index (κ1) is 28.4. The lowest BCUT2D eigenvalue weighted by Crippen LogP contribution is -2.30. The smallest absolute Gasteiger partial charge is 0.416 e. The summed E-state index contributed by atoms with van der Waals surface area (Å²) in [5, 5.41) is 6.48. The summed E-state index contributed by atoms with van der Waals surface area (Å²) < 4.78 is 49.8. The fraction of sp³-hybridized carbons (Fsp3) is 0.303. The fourth-order valence-corrected chi connectivity index (χ4v) is 5.90. The molecule has 1 N–H and O–H groups in total. The van der Waals surface area contributed by atoms with E-state index in [1.807, 2.05) is 53.0 Å². The van der Waals surface area contributed by atoms with Gasteiger partial charge in [-0.05, 0) is 66.4 Å². The Morgan fingerprint density at radius 3 is 2.69 bits per heavy atom. The van der Waals surface area contributed by atoms with Gasteiger partial charge in [-0.3, -0.25) is 4.90 Å². The van der Waals surface area contributed by atoms with E-state index in [0.717, 1.165) is 56.5 Å². The molecule has 1 aliphatic heterocycles. The molecule has 0 saturated carbocycles. The topological polar surface area (TPSA) is 46.1 Å². The van der Waals surface area contributed by atoms with Crippen molar-refractivity contribution in [3.63, 3.8) is 0 Å². The standard InChI is InChI=1S/C33H32ClF3N4O/c1-20(2)19-42-30-6-4-5-21(3)31(30)41-32(23-7-10-28-22(15-23)11-13-38-28)26-18-40(14-12-29(26)39-41)17-24-16-25(34)8-9-27(24)33(35,36)37/h4-11,13,15-16,20,38H,12,14,17-19H2,1-3H3. The van der Waals surface area contributed by atoms with Crippen LogP contribution in [-0.4, -0.2) is 32.8 Å². The summed E-state index contributed by atoms with van der Waals surface area (Å²) in [6.45, 7) is 7.99. The minimum Gasteiger partial charge on any atom is -0.491 e. The molecule has 2 aromatic heterocycles. The number of H-pyrrole nitrogens is 1. The van der Waals surface area contributed by atoms with Crippen LogP contribution in [0.25, 0.3) is 27.8 Å². The minimum atomic E-state index is -4.46. The lowest BCUT2D eigenvalue weighted by molar-refractivity contribution is -0.138. The van der Waals surface area contributed by atoms with Crippen LogP contribution in [0.15, 0.2) is 66.9 Å². The third-order valence-electron chi connectivity index (χ3n) is 7.69. The molecular weight excluding hydrogens is 561 g/mol. The summed E-state index contributed by atoms with van der Waals surface area (Å²) in [5.74, 6) is 1.10. The van der Waals surface area contributed by atoms with Crippen LogP contribution in [-0.2, 0) is 25.7 Å². The number of halogens is 4. The predicted octanol–water partition coefficient (Wildman–Crippen LogP) is 8.59. The van der Waals surface area contributed by atoms with E-state index in [0.29, 0.717) is 32.0 Å². The first-order valence-corrected chi connectivity index (χ1v) is 14.5. The first-order chi connectivity index (χ1) is 20.1. The summed E-state index contributed by atoms with van der Waals surface area (Å²) in [7, 11) is 0. The number of hydrogen-bond donors (Lipinski definition) is 1. The molecule has 0 aliphatic carbocycles. The number of aromatic amines is 1. The quantitative estimate of drug-likeness (QED) is 0.206. The van der Waals surface area contributed by atoms with Crippen molar-refractivity contribution in [3.05, 3.63) is 99.8 Å². The van der Waals surface area contributed by atoms with Gasteiger partial charge in [-0.1, -0.05) is 43.6 Å². The molecule has 42 heavy (non-hydrogen) atoms. The molecule has 0 fully saturated rings. The number of benzene rings is 3. The maximum Gasteiger partial charge on any atom is 0.416 e. The van der Waals surface area contributed by atoms with Crippen LogP contribution >= 0.6 is 11.6 Å². The van der Waals surface area contributed by atoms with Crippen molar-refractivity contribution in [1.29, 1.82) is 0 Å². The number of rotatable bonds is 7. The molecule has 0 amide bonds. The van der Waals surface area contributed by atoms with Gasteiger partial charge in [-0.25, -0.2) is 4.68 Å². The van der Waals surface area contributed by atoms with Crippen molar-refractivity contribution in [2.24, 2.45) is 5.92 Å². The molecule has 3 aromatic carbocycles. The van der Waals surface area contributed by atoms with E-state index in [1.54, 1.807) is 0 Å². The van der Waals surface area contributed by atoms with Crippen molar-refractivity contribution in [2.75, 3.05) is 13.2 Å². The molecule has 0 atom stereocenters. The summed E-state index contributed by atoms with van der Waals surface area (Å²) >= 11 is 6.14. The van der Waals surface area contributed by atoms with Crippen LogP contribution < -0.4 is 4.74 Å². The number of nitrogens with zero attached hydrogens (tertiary/aromatic N) is 3. The second kappa shape index (κ2) is 11.2. The maximum atomic E-state index is 13.8. The van der Waals surface area contributed by atoms with Crippen molar-refractivity contribution in [1.82, 2.24) is 19.7 Å². The van der Waals surface area contributed by atoms with Crippen LogP contribution in [0, 0.1) is 12.8 Å². The van der Waals surface area contributed by atoms with E-state index in [2.05, 4.69) is 31.0 Å². The number of para-hydroxylation sites is 1. The van der Waals surface area contributed by atoms with Gasteiger partial charge < -0.3 is 9.72 Å². The van der Waals surface area contributed by atoms with Crippen molar-refractivity contribution in [2.45, 2.75) is 46.5 Å². The van der Waals surface area contributed by atoms with E-state index >= 15 is 0 Å². The molecule has 1 aliphatic rings. The molecule has 0 unspecified atom stereocenters. The SMILES string of the molecule is Cc1cccc(OCC(C)C)c1-n1nc2c(c1-c1ccc3[nH]ccc3c1)CN(Cc1cc(Cl)ccc1C(F)(F)F)CC2. The molecule has 0 radical (unpaired) electrons. The zero-order valence-electron chi connectivity index (χ0n) is 23.7. The Morgan fingerprint density at radius 2 is 1.90 bits per heavy atom. The highest BCUT2D eigenvalue weighted by Crippen LogP contribution is 2.39. The van der Waals surface area contributed by atoms with Crippen LogP contribution in [0.2, 0.25) is 5.02 Å². The fourth-order valence-electron chi connectivity index (χ4n) is 5.71. The second-order valence-corrected chi connectivity index (χ2v) is 11.8. The number of nitrogens with one attached hydrogen (secondary N) is 1. The lowest BCUT2D eigenvalue weighted by atomic mass is 9.98. The van der Waals surface area contributed by atoms with Gasteiger partial charge in [0.25, 0.3) is 0 Å². The Balaban J connectivity index is 1.47.